The highest BCUT2D eigenvalue weighted by Crippen LogP contribution is 2.11. The minimum absolute atomic E-state index is 0.0292. The summed E-state index contributed by atoms with van der Waals surface area (Å²) in [4.78, 5) is 11.7. The Bertz CT molecular complexity index is 583. The van der Waals surface area contributed by atoms with E-state index in [1.54, 1.807) is 13.8 Å². The van der Waals surface area contributed by atoms with Crippen molar-refractivity contribution in [3.8, 4) is 0 Å². The van der Waals surface area contributed by atoms with Gasteiger partial charge in [0.05, 0.1) is 12.4 Å². The standard InChI is InChI=1S/C21H34O4S/c1-4-7-8-9-10-11-12-13-14-15-16-17-18-19-26(23,24)20(5-2)21(22)25-6-3/h7-8,10-11,13-14,16-17,20H,4-6,9,12,15,18-19H2,1-3H3. The van der Waals surface area contributed by atoms with Crippen molar-refractivity contribution in [1.29, 1.82) is 0 Å². The molecule has 0 fully saturated rings. The first-order valence-electron chi connectivity index (χ1n) is 9.47. The molecular weight excluding hydrogens is 348 g/mol. The summed E-state index contributed by atoms with van der Waals surface area (Å²) >= 11 is 0. The van der Waals surface area contributed by atoms with Gasteiger partial charge in [0.15, 0.2) is 15.1 Å². The maximum atomic E-state index is 12.2. The molecule has 148 valence electrons. The maximum Gasteiger partial charge on any atom is 0.324 e. The SMILES string of the molecule is CCC=CCC=CCC=CCC=CCCS(=O)(=O)C(CC)C(=O)OCC. The molecule has 0 aliphatic carbocycles. The van der Waals surface area contributed by atoms with E-state index in [1.807, 2.05) is 12.2 Å². The number of esters is 1. The largest absolute Gasteiger partial charge is 0.465 e. The smallest absolute Gasteiger partial charge is 0.324 e. The third-order valence-corrected chi connectivity index (χ3v) is 5.84. The van der Waals surface area contributed by atoms with Crippen LogP contribution in [0.2, 0.25) is 0 Å². The van der Waals surface area contributed by atoms with Crippen LogP contribution in [0.25, 0.3) is 0 Å². The zero-order valence-electron chi connectivity index (χ0n) is 16.4. The molecule has 0 amide bonds. The lowest BCUT2D eigenvalue weighted by atomic mass is 10.2. The number of carbonyl (C=O) groups is 1. The van der Waals surface area contributed by atoms with Crippen LogP contribution in [0.1, 0.15) is 59.3 Å². The summed E-state index contributed by atoms with van der Waals surface area (Å²) in [6.45, 7) is 5.68. The molecule has 1 unspecified atom stereocenters. The number of allylic oxidation sites excluding steroid dienone is 8. The van der Waals surface area contributed by atoms with Crippen molar-refractivity contribution in [2.75, 3.05) is 12.4 Å². The van der Waals surface area contributed by atoms with Crippen LogP contribution in [0.15, 0.2) is 48.6 Å². The van der Waals surface area contributed by atoms with Crippen LogP contribution in [-0.4, -0.2) is 32.0 Å². The lowest BCUT2D eigenvalue weighted by Crippen LogP contribution is -2.33. The molecule has 0 radical (unpaired) electrons. The van der Waals surface area contributed by atoms with E-state index in [0.717, 1.165) is 25.7 Å². The Labute approximate surface area is 159 Å². The van der Waals surface area contributed by atoms with Gasteiger partial charge in [-0.3, -0.25) is 4.79 Å². The third-order valence-electron chi connectivity index (χ3n) is 3.64. The number of hydrogen-bond acceptors (Lipinski definition) is 4. The first-order chi connectivity index (χ1) is 12.5. The van der Waals surface area contributed by atoms with Crippen molar-refractivity contribution in [2.45, 2.75) is 64.5 Å². The molecule has 26 heavy (non-hydrogen) atoms. The fraction of sp³-hybridized carbons (Fsp3) is 0.571. The van der Waals surface area contributed by atoms with Gasteiger partial charge in [-0.25, -0.2) is 8.42 Å². The summed E-state index contributed by atoms with van der Waals surface area (Å²) < 4.78 is 29.3. The van der Waals surface area contributed by atoms with E-state index in [9.17, 15) is 13.2 Å². The van der Waals surface area contributed by atoms with Crippen molar-refractivity contribution in [3.05, 3.63) is 48.6 Å². The molecular formula is C21H34O4S. The fourth-order valence-corrected chi connectivity index (χ4v) is 3.89. The van der Waals surface area contributed by atoms with Gasteiger partial charge in [0, 0.05) is 0 Å². The quantitative estimate of drug-likeness (QED) is 0.315. The van der Waals surface area contributed by atoms with Gasteiger partial charge in [-0.1, -0.05) is 62.5 Å². The first-order valence-corrected chi connectivity index (χ1v) is 11.2. The Morgan fingerprint density at radius 3 is 1.81 bits per heavy atom. The van der Waals surface area contributed by atoms with Gasteiger partial charge in [0.25, 0.3) is 0 Å². The molecule has 0 aliphatic rings. The molecule has 0 aromatic rings. The van der Waals surface area contributed by atoms with E-state index in [1.165, 1.54) is 0 Å². The average molecular weight is 383 g/mol. The maximum absolute atomic E-state index is 12.2. The topological polar surface area (TPSA) is 60.4 Å². The van der Waals surface area contributed by atoms with E-state index in [0.29, 0.717) is 6.42 Å². The van der Waals surface area contributed by atoms with Crippen LogP contribution in [0.4, 0.5) is 0 Å². The zero-order valence-corrected chi connectivity index (χ0v) is 17.2. The van der Waals surface area contributed by atoms with Gasteiger partial charge in [0.1, 0.15) is 0 Å². The Morgan fingerprint density at radius 1 is 0.846 bits per heavy atom. The summed E-state index contributed by atoms with van der Waals surface area (Å²) in [5.74, 6) is -0.668. The summed E-state index contributed by atoms with van der Waals surface area (Å²) in [5, 5.41) is -1.05. The van der Waals surface area contributed by atoms with Crippen LogP contribution in [0, 0.1) is 0 Å². The summed E-state index contributed by atoms with van der Waals surface area (Å²) in [6, 6.07) is 0. The number of carbonyl (C=O) groups excluding carboxylic acids is 1. The molecule has 0 saturated carbocycles. The molecule has 0 aromatic carbocycles. The molecule has 0 heterocycles. The average Bonchev–Trinajstić information content (AvgIpc) is 2.59. The van der Waals surface area contributed by atoms with Crippen molar-refractivity contribution in [3.63, 3.8) is 0 Å². The van der Waals surface area contributed by atoms with Gasteiger partial charge in [-0.15, -0.1) is 0 Å². The van der Waals surface area contributed by atoms with E-state index in [4.69, 9.17) is 4.74 Å². The van der Waals surface area contributed by atoms with Crippen molar-refractivity contribution in [1.82, 2.24) is 0 Å². The van der Waals surface area contributed by atoms with Crippen molar-refractivity contribution < 1.29 is 17.9 Å². The molecule has 0 aliphatic heterocycles. The number of ether oxygens (including phenoxy) is 1. The minimum Gasteiger partial charge on any atom is -0.465 e. The minimum atomic E-state index is -3.47. The second-order valence-electron chi connectivity index (χ2n) is 5.81. The molecule has 0 bridgehead atoms. The monoisotopic (exact) mass is 382 g/mol. The van der Waals surface area contributed by atoms with Crippen LogP contribution in [0.5, 0.6) is 0 Å². The highest BCUT2D eigenvalue weighted by molar-refractivity contribution is 7.92. The summed E-state index contributed by atoms with van der Waals surface area (Å²) in [6.07, 6.45) is 20.9. The van der Waals surface area contributed by atoms with Crippen LogP contribution < -0.4 is 0 Å². The molecule has 1 atom stereocenters. The van der Waals surface area contributed by atoms with Crippen LogP contribution in [0.3, 0.4) is 0 Å². The number of hydrogen-bond donors (Lipinski definition) is 0. The van der Waals surface area contributed by atoms with Crippen molar-refractivity contribution >= 4 is 15.8 Å². The lowest BCUT2D eigenvalue weighted by molar-refractivity contribution is -0.142. The molecule has 5 heteroatoms. The summed E-state index contributed by atoms with van der Waals surface area (Å²) in [7, 11) is -3.47. The predicted octanol–water partition coefficient (Wildman–Crippen LogP) is 4.94. The van der Waals surface area contributed by atoms with Crippen LogP contribution >= 0.6 is 0 Å². The van der Waals surface area contributed by atoms with E-state index >= 15 is 0 Å². The molecule has 0 saturated heterocycles. The molecule has 0 aromatic heterocycles. The Hall–Kier alpha value is -1.62. The molecule has 0 rings (SSSR count). The summed E-state index contributed by atoms with van der Waals surface area (Å²) in [5.41, 5.74) is 0. The normalized spacial score (nSPS) is 14.1. The van der Waals surface area contributed by atoms with E-state index < -0.39 is 21.1 Å². The zero-order chi connectivity index (χ0) is 19.7. The molecule has 0 spiro atoms. The lowest BCUT2D eigenvalue weighted by Gasteiger charge is -2.13. The third kappa shape index (κ3) is 11.9. The van der Waals surface area contributed by atoms with E-state index in [2.05, 4.69) is 43.4 Å². The van der Waals surface area contributed by atoms with Crippen molar-refractivity contribution in [2.24, 2.45) is 0 Å². The Morgan fingerprint density at radius 2 is 1.35 bits per heavy atom. The Balaban J connectivity index is 4.09. The predicted molar refractivity (Wildman–Crippen MR) is 110 cm³/mol. The highest BCUT2D eigenvalue weighted by Gasteiger charge is 2.31. The van der Waals surface area contributed by atoms with E-state index in [-0.39, 0.29) is 18.8 Å². The fourth-order valence-electron chi connectivity index (χ4n) is 2.27. The van der Waals surface area contributed by atoms with Gasteiger partial charge in [0.2, 0.25) is 0 Å². The Kier molecular flexibility index (Phi) is 14.6. The first kappa shape index (κ1) is 24.4. The second-order valence-corrected chi connectivity index (χ2v) is 8.11. The highest BCUT2D eigenvalue weighted by atomic mass is 32.2. The number of rotatable bonds is 14. The van der Waals surface area contributed by atoms with Gasteiger partial charge in [-0.2, -0.15) is 0 Å². The van der Waals surface area contributed by atoms with Gasteiger partial charge in [-0.05, 0) is 45.4 Å². The molecule has 0 N–H and O–H groups in total. The molecule has 4 nitrogen and oxygen atoms in total. The number of sulfone groups is 1. The second kappa shape index (κ2) is 15.6. The van der Waals surface area contributed by atoms with Gasteiger partial charge < -0.3 is 4.74 Å². The van der Waals surface area contributed by atoms with Crippen LogP contribution in [-0.2, 0) is 19.4 Å². The van der Waals surface area contributed by atoms with Gasteiger partial charge >= 0.3 is 5.97 Å².